The van der Waals surface area contributed by atoms with E-state index in [4.69, 9.17) is 21.1 Å². The number of imide groups is 2. The van der Waals surface area contributed by atoms with E-state index < -0.39 is 17.8 Å². The van der Waals surface area contributed by atoms with Gasteiger partial charge in [0.15, 0.2) is 11.5 Å². The fourth-order valence-electron chi connectivity index (χ4n) is 3.37. The van der Waals surface area contributed by atoms with Crippen molar-refractivity contribution in [2.75, 3.05) is 12.0 Å². The van der Waals surface area contributed by atoms with Crippen molar-refractivity contribution in [1.29, 1.82) is 0 Å². The summed E-state index contributed by atoms with van der Waals surface area (Å²) >= 11 is 8.05. The summed E-state index contributed by atoms with van der Waals surface area (Å²) < 4.78 is 25.1. The summed E-state index contributed by atoms with van der Waals surface area (Å²) in [5, 5.41) is 2.51. The number of methoxy groups -OCH3 is 1. The van der Waals surface area contributed by atoms with Crippen molar-refractivity contribution in [2.45, 2.75) is 6.61 Å². The van der Waals surface area contributed by atoms with Crippen molar-refractivity contribution in [2.24, 2.45) is 0 Å². The molecule has 0 aliphatic carbocycles. The number of amides is 4. The Labute approximate surface area is 218 Å². The van der Waals surface area contributed by atoms with Crippen LogP contribution in [0.1, 0.15) is 11.1 Å². The number of ether oxygens (including phenoxy) is 2. The van der Waals surface area contributed by atoms with Gasteiger partial charge in [-0.15, -0.1) is 0 Å². The lowest BCUT2D eigenvalue weighted by molar-refractivity contribution is -0.122. The monoisotopic (exact) mass is 606 g/mol. The lowest BCUT2D eigenvalue weighted by atomic mass is 10.1. The molecular weight excluding hydrogens is 590 g/mol. The van der Waals surface area contributed by atoms with Crippen molar-refractivity contribution in [3.8, 4) is 11.5 Å². The van der Waals surface area contributed by atoms with Gasteiger partial charge < -0.3 is 9.47 Å². The quantitative estimate of drug-likeness (QED) is 0.233. The first-order chi connectivity index (χ1) is 16.8. The highest BCUT2D eigenvalue weighted by molar-refractivity contribution is 14.1. The molecule has 0 aromatic heterocycles. The van der Waals surface area contributed by atoms with E-state index >= 15 is 0 Å². The molecule has 0 bridgehead atoms. The number of carbonyl (C=O) groups is 3. The highest BCUT2D eigenvalue weighted by Crippen LogP contribution is 2.35. The lowest BCUT2D eigenvalue weighted by Gasteiger charge is -2.26. The molecule has 1 heterocycles. The van der Waals surface area contributed by atoms with Crippen molar-refractivity contribution in [1.82, 2.24) is 5.32 Å². The minimum atomic E-state index is -0.865. The Morgan fingerprint density at radius 2 is 1.83 bits per heavy atom. The maximum atomic E-state index is 13.1. The number of carbonyl (C=O) groups excluding carboxylic acids is 3. The average molecular weight is 607 g/mol. The highest BCUT2D eigenvalue weighted by Gasteiger charge is 2.37. The molecule has 3 aromatic carbocycles. The van der Waals surface area contributed by atoms with Gasteiger partial charge in [0.2, 0.25) is 0 Å². The molecule has 4 amide bonds. The van der Waals surface area contributed by atoms with E-state index in [1.807, 2.05) is 22.6 Å². The number of anilines is 1. The van der Waals surface area contributed by atoms with Crippen LogP contribution >= 0.6 is 34.2 Å². The van der Waals surface area contributed by atoms with Crippen LogP contribution in [0, 0.1) is 9.39 Å². The number of rotatable bonds is 6. The zero-order chi connectivity index (χ0) is 25.1. The minimum absolute atomic E-state index is 0.185. The number of urea groups is 1. The first-order valence-electron chi connectivity index (χ1n) is 10.2. The molecule has 1 N–H and O–H groups in total. The first kappa shape index (κ1) is 24.7. The maximum Gasteiger partial charge on any atom is 0.335 e. The zero-order valence-corrected chi connectivity index (χ0v) is 21.1. The third kappa shape index (κ3) is 5.46. The van der Waals surface area contributed by atoms with Gasteiger partial charge in [0.25, 0.3) is 11.8 Å². The van der Waals surface area contributed by atoms with Crippen molar-refractivity contribution >= 4 is 63.8 Å². The summed E-state index contributed by atoms with van der Waals surface area (Å²) in [7, 11) is 1.46. The van der Waals surface area contributed by atoms with Crippen LogP contribution in [0.4, 0.5) is 14.9 Å². The van der Waals surface area contributed by atoms with Gasteiger partial charge in [-0.2, -0.15) is 0 Å². The molecule has 0 unspecified atom stereocenters. The predicted molar refractivity (Wildman–Crippen MR) is 137 cm³/mol. The number of benzene rings is 3. The van der Waals surface area contributed by atoms with E-state index in [2.05, 4.69) is 5.32 Å². The molecule has 0 saturated carbocycles. The summed E-state index contributed by atoms with van der Waals surface area (Å²) in [6.45, 7) is 0.185. The fourth-order valence-corrected chi connectivity index (χ4v) is 4.34. The second kappa shape index (κ2) is 10.4. The van der Waals surface area contributed by atoms with E-state index in [1.165, 1.54) is 37.5 Å². The number of hydrogen-bond acceptors (Lipinski definition) is 5. The summed E-state index contributed by atoms with van der Waals surface area (Å²) in [6.07, 6.45) is 1.37. The summed E-state index contributed by atoms with van der Waals surface area (Å²) in [6, 6.07) is 14.6. The fraction of sp³-hybridized carbons (Fsp3) is 0.0800. The largest absolute Gasteiger partial charge is 0.493 e. The molecule has 7 nitrogen and oxygen atoms in total. The molecule has 35 heavy (non-hydrogen) atoms. The van der Waals surface area contributed by atoms with E-state index in [9.17, 15) is 18.8 Å². The topological polar surface area (TPSA) is 84.9 Å². The van der Waals surface area contributed by atoms with E-state index in [0.29, 0.717) is 25.7 Å². The third-order valence-corrected chi connectivity index (χ3v) is 6.06. The number of nitrogens with one attached hydrogen (secondary N) is 1. The average Bonchev–Trinajstić information content (AvgIpc) is 2.82. The SMILES string of the molecule is COc1cc(/C=C2\C(=O)NC(=O)N(c3cccc(Cl)c3)C2=O)cc(I)c1OCc1ccc(F)cc1. The number of barbiturate groups is 1. The first-order valence-corrected chi connectivity index (χ1v) is 11.6. The number of halogens is 3. The Balaban J connectivity index is 1.64. The third-order valence-electron chi connectivity index (χ3n) is 5.03. The minimum Gasteiger partial charge on any atom is -0.493 e. The number of nitrogens with zero attached hydrogens (tertiary/aromatic N) is 1. The van der Waals surface area contributed by atoms with Gasteiger partial charge in [0.1, 0.15) is 18.0 Å². The molecule has 3 aromatic rings. The Morgan fingerprint density at radius 1 is 1.09 bits per heavy atom. The van der Waals surface area contributed by atoms with Gasteiger partial charge in [-0.3, -0.25) is 14.9 Å². The molecule has 1 saturated heterocycles. The van der Waals surface area contributed by atoms with Gasteiger partial charge >= 0.3 is 6.03 Å². The molecule has 1 fully saturated rings. The van der Waals surface area contributed by atoms with E-state index in [1.54, 1.807) is 36.4 Å². The summed E-state index contributed by atoms with van der Waals surface area (Å²) in [4.78, 5) is 38.8. The summed E-state index contributed by atoms with van der Waals surface area (Å²) in [5.41, 5.74) is 1.25. The van der Waals surface area contributed by atoms with Crippen LogP contribution in [-0.4, -0.2) is 25.0 Å². The van der Waals surface area contributed by atoms with Gasteiger partial charge in [-0.25, -0.2) is 14.1 Å². The second-order valence-corrected chi connectivity index (χ2v) is 8.99. The van der Waals surface area contributed by atoms with Crippen molar-refractivity contribution < 1.29 is 28.2 Å². The van der Waals surface area contributed by atoms with E-state index in [-0.39, 0.29) is 23.7 Å². The Morgan fingerprint density at radius 3 is 2.51 bits per heavy atom. The predicted octanol–water partition coefficient (Wildman–Crippen LogP) is 5.34. The van der Waals surface area contributed by atoms with Crippen molar-refractivity contribution in [3.63, 3.8) is 0 Å². The van der Waals surface area contributed by atoms with Crippen LogP contribution < -0.4 is 19.7 Å². The van der Waals surface area contributed by atoms with Crippen LogP contribution in [0.5, 0.6) is 11.5 Å². The van der Waals surface area contributed by atoms with Crippen molar-refractivity contribution in [3.05, 3.63) is 91.8 Å². The zero-order valence-electron chi connectivity index (χ0n) is 18.2. The Hall–Kier alpha value is -3.44. The molecule has 1 aliphatic heterocycles. The van der Waals surface area contributed by atoms with Gasteiger partial charge in [-0.05, 0) is 82.3 Å². The molecule has 1 aliphatic rings. The Kier molecular flexibility index (Phi) is 7.37. The molecule has 178 valence electrons. The van der Waals surface area contributed by atoms with Gasteiger partial charge in [-0.1, -0.05) is 29.8 Å². The lowest BCUT2D eigenvalue weighted by Crippen LogP contribution is -2.54. The molecule has 10 heteroatoms. The van der Waals surface area contributed by atoms with Crippen LogP contribution in [0.25, 0.3) is 6.08 Å². The van der Waals surface area contributed by atoms with E-state index in [0.717, 1.165) is 10.5 Å². The second-order valence-electron chi connectivity index (χ2n) is 7.39. The molecular formula is C25H17ClFIN2O5. The molecule has 0 spiro atoms. The Bertz CT molecular complexity index is 1360. The molecule has 4 rings (SSSR count). The number of hydrogen-bond donors (Lipinski definition) is 1. The van der Waals surface area contributed by atoms with Gasteiger partial charge in [0.05, 0.1) is 16.4 Å². The summed E-state index contributed by atoms with van der Waals surface area (Å²) in [5.74, 6) is -1.11. The van der Waals surface area contributed by atoms with Crippen LogP contribution in [-0.2, 0) is 16.2 Å². The van der Waals surface area contributed by atoms with Crippen LogP contribution in [0.2, 0.25) is 5.02 Å². The maximum absolute atomic E-state index is 13.1. The van der Waals surface area contributed by atoms with Crippen LogP contribution in [0.15, 0.2) is 66.2 Å². The molecule has 0 radical (unpaired) electrons. The smallest absolute Gasteiger partial charge is 0.335 e. The normalized spacial score (nSPS) is 14.8. The van der Waals surface area contributed by atoms with Gasteiger partial charge in [0, 0.05) is 5.02 Å². The van der Waals surface area contributed by atoms with Crippen LogP contribution in [0.3, 0.4) is 0 Å². The molecule has 0 atom stereocenters. The highest BCUT2D eigenvalue weighted by atomic mass is 127. The standard InChI is InChI=1S/C25H17ClFIN2O5/c1-34-21-11-15(10-20(28)22(21)35-13-14-5-7-17(27)8-6-14)9-19-23(31)29-25(33)30(24(19)32)18-4-2-3-16(26)12-18/h2-12H,13H2,1H3,(H,29,31,33)/b19-9+.